The first-order valence-electron chi connectivity index (χ1n) is 9.37. The molecule has 2 rings (SSSR count). The highest BCUT2D eigenvalue weighted by Crippen LogP contribution is 2.19. The molecule has 0 spiro atoms. The van der Waals surface area contributed by atoms with Crippen LogP contribution in [0.15, 0.2) is 60.7 Å². The van der Waals surface area contributed by atoms with E-state index in [1.807, 2.05) is 74.5 Å². The van der Waals surface area contributed by atoms with Crippen LogP contribution in [0.5, 0.6) is 0 Å². The van der Waals surface area contributed by atoms with E-state index < -0.39 is 17.9 Å². The second-order valence-corrected chi connectivity index (χ2v) is 7.01. The maximum absolute atomic E-state index is 12.4. The molecule has 0 aliphatic carbocycles. The molecule has 0 aromatic heterocycles. The Labute approximate surface area is 165 Å². The van der Waals surface area contributed by atoms with Crippen LogP contribution in [0.25, 0.3) is 0 Å². The molecule has 148 valence electrons. The highest BCUT2D eigenvalue weighted by molar-refractivity contribution is 5.97. The van der Waals surface area contributed by atoms with E-state index in [4.69, 9.17) is 9.47 Å². The van der Waals surface area contributed by atoms with Crippen LogP contribution in [0, 0.1) is 11.8 Å². The number of hydrogen-bond donors (Lipinski definition) is 0. The lowest BCUT2D eigenvalue weighted by atomic mass is 9.90. The molecular formula is C23H26O5. The van der Waals surface area contributed by atoms with Gasteiger partial charge in [-0.2, -0.15) is 0 Å². The molecule has 0 amide bonds. The first kappa shape index (κ1) is 21.4. The third kappa shape index (κ3) is 7.35. The van der Waals surface area contributed by atoms with Crippen molar-refractivity contribution in [2.45, 2.75) is 39.9 Å². The first-order chi connectivity index (χ1) is 13.5. The van der Waals surface area contributed by atoms with Crippen molar-refractivity contribution >= 4 is 17.7 Å². The minimum absolute atomic E-state index is 0.0360. The summed E-state index contributed by atoms with van der Waals surface area (Å²) < 4.78 is 10.5. The van der Waals surface area contributed by atoms with Crippen molar-refractivity contribution in [1.82, 2.24) is 0 Å². The molecule has 5 heteroatoms. The lowest BCUT2D eigenvalue weighted by molar-refractivity contribution is -0.154. The second-order valence-electron chi connectivity index (χ2n) is 7.01. The zero-order valence-corrected chi connectivity index (χ0v) is 16.3. The van der Waals surface area contributed by atoms with Gasteiger partial charge in [-0.05, 0) is 17.0 Å². The van der Waals surface area contributed by atoms with Gasteiger partial charge in [0.15, 0.2) is 0 Å². The summed E-state index contributed by atoms with van der Waals surface area (Å²) in [4.78, 5) is 36.5. The fourth-order valence-corrected chi connectivity index (χ4v) is 2.69. The highest BCUT2D eigenvalue weighted by Gasteiger charge is 2.27. The number of benzene rings is 2. The van der Waals surface area contributed by atoms with E-state index in [0.717, 1.165) is 11.1 Å². The normalized spacial score (nSPS) is 11.7. The van der Waals surface area contributed by atoms with Crippen LogP contribution in [-0.2, 0) is 37.1 Å². The summed E-state index contributed by atoms with van der Waals surface area (Å²) in [6.45, 7) is 4.00. The van der Waals surface area contributed by atoms with Gasteiger partial charge in [0, 0.05) is 6.42 Å². The van der Waals surface area contributed by atoms with Crippen LogP contribution in [0.1, 0.15) is 37.8 Å². The zero-order chi connectivity index (χ0) is 20.4. The Balaban J connectivity index is 1.80. The first-order valence-corrected chi connectivity index (χ1v) is 9.37. The number of carbonyl (C=O) groups excluding carboxylic acids is 3. The van der Waals surface area contributed by atoms with E-state index >= 15 is 0 Å². The van der Waals surface area contributed by atoms with E-state index in [2.05, 4.69) is 0 Å². The number of Topliss-reactive ketones (excluding diaryl/α,β-unsaturated/α-hetero) is 1. The van der Waals surface area contributed by atoms with E-state index in [1.165, 1.54) is 0 Å². The topological polar surface area (TPSA) is 69.7 Å². The van der Waals surface area contributed by atoms with Crippen LogP contribution in [0.3, 0.4) is 0 Å². The molecule has 0 bridgehead atoms. The molecule has 28 heavy (non-hydrogen) atoms. The average molecular weight is 382 g/mol. The Kier molecular flexibility index (Phi) is 8.40. The van der Waals surface area contributed by atoms with Crippen molar-refractivity contribution in [1.29, 1.82) is 0 Å². The highest BCUT2D eigenvalue weighted by atomic mass is 16.5. The smallest absolute Gasteiger partial charge is 0.313 e. The van der Waals surface area contributed by atoms with E-state index in [9.17, 15) is 14.4 Å². The minimum Gasteiger partial charge on any atom is -0.461 e. The van der Waals surface area contributed by atoms with Crippen LogP contribution in [0.4, 0.5) is 0 Å². The van der Waals surface area contributed by atoms with E-state index in [-0.39, 0.29) is 37.8 Å². The summed E-state index contributed by atoms with van der Waals surface area (Å²) in [5.41, 5.74) is 1.74. The van der Waals surface area contributed by atoms with Crippen molar-refractivity contribution in [3.05, 3.63) is 71.8 Å². The van der Waals surface area contributed by atoms with Crippen molar-refractivity contribution in [2.75, 3.05) is 0 Å². The Morgan fingerprint density at radius 1 is 0.786 bits per heavy atom. The molecule has 0 aliphatic heterocycles. The monoisotopic (exact) mass is 382 g/mol. The van der Waals surface area contributed by atoms with Crippen molar-refractivity contribution in [3.63, 3.8) is 0 Å². The fraction of sp³-hybridized carbons (Fsp3) is 0.348. The summed E-state index contributed by atoms with van der Waals surface area (Å²) in [6.07, 6.45) is -0.381. The molecule has 0 saturated carbocycles. The van der Waals surface area contributed by atoms with Crippen LogP contribution >= 0.6 is 0 Å². The van der Waals surface area contributed by atoms with Gasteiger partial charge in [-0.15, -0.1) is 0 Å². The molecular weight excluding hydrogens is 356 g/mol. The average Bonchev–Trinajstić information content (AvgIpc) is 2.70. The molecule has 2 aromatic carbocycles. The fourth-order valence-electron chi connectivity index (χ4n) is 2.69. The SMILES string of the molecule is CC(C)[C@H](CC(=O)CC(=O)OCc1ccccc1)C(=O)OCc1ccccc1. The molecule has 1 atom stereocenters. The molecule has 0 saturated heterocycles. The van der Waals surface area contributed by atoms with Crippen molar-refractivity contribution < 1.29 is 23.9 Å². The van der Waals surface area contributed by atoms with Gasteiger partial charge in [-0.1, -0.05) is 74.5 Å². The number of rotatable bonds is 10. The van der Waals surface area contributed by atoms with Gasteiger partial charge in [-0.3, -0.25) is 14.4 Å². The quantitative estimate of drug-likeness (QED) is 0.457. The number of carbonyl (C=O) groups is 3. The van der Waals surface area contributed by atoms with Gasteiger partial charge < -0.3 is 9.47 Å². The second kappa shape index (κ2) is 11.0. The molecule has 0 aliphatic rings. The Hall–Kier alpha value is -2.95. The molecule has 0 unspecified atom stereocenters. The third-order valence-electron chi connectivity index (χ3n) is 4.36. The summed E-state index contributed by atoms with van der Waals surface area (Å²) >= 11 is 0. The summed E-state index contributed by atoms with van der Waals surface area (Å²) in [5, 5.41) is 0. The molecule has 2 aromatic rings. The third-order valence-corrected chi connectivity index (χ3v) is 4.36. The van der Waals surface area contributed by atoms with Crippen LogP contribution in [0.2, 0.25) is 0 Å². The predicted octanol–water partition coefficient (Wildman–Crippen LogP) is 4.09. The maximum atomic E-state index is 12.4. The molecule has 5 nitrogen and oxygen atoms in total. The van der Waals surface area contributed by atoms with Crippen molar-refractivity contribution in [2.24, 2.45) is 11.8 Å². The largest absolute Gasteiger partial charge is 0.461 e. The molecule has 0 heterocycles. The Morgan fingerprint density at radius 3 is 1.79 bits per heavy atom. The number of esters is 2. The number of ketones is 1. The van der Waals surface area contributed by atoms with Gasteiger partial charge in [-0.25, -0.2) is 0 Å². The summed E-state index contributed by atoms with van der Waals surface area (Å²) in [5.74, 6) is -2.00. The molecule has 0 radical (unpaired) electrons. The minimum atomic E-state index is -0.589. The van der Waals surface area contributed by atoms with Crippen molar-refractivity contribution in [3.8, 4) is 0 Å². The molecule has 0 N–H and O–H groups in total. The zero-order valence-electron chi connectivity index (χ0n) is 16.3. The van der Waals surface area contributed by atoms with Gasteiger partial charge in [0.25, 0.3) is 0 Å². The summed E-state index contributed by atoms with van der Waals surface area (Å²) in [7, 11) is 0. The standard InChI is InChI=1S/C23H26O5/c1-17(2)21(23(26)28-16-19-11-7-4-8-12-19)13-20(24)14-22(25)27-15-18-9-5-3-6-10-18/h3-12,17,21H,13-16H2,1-2H3/t21-/m0/s1. The van der Waals surface area contributed by atoms with E-state index in [1.54, 1.807) is 0 Å². The number of hydrogen-bond acceptors (Lipinski definition) is 5. The van der Waals surface area contributed by atoms with E-state index in [0.29, 0.717) is 0 Å². The lowest BCUT2D eigenvalue weighted by Crippen LogP contribution is -2.26. The lowest BCUT2D eigenvalue weighted by Gasteiger charge is -2.18. The Bertz CT molecular complexity index is 768. The molecule has 0 fully saturated rings. The van der Waals surface area contributed by atoms with Gasteiger partial charge in [0.2, 0.25) is 0 Å². The van der Waals surface area contributed by atoms with Gasteiger partial charge >= 0.3 is 11.9 Å². The van der Waals surface area contributed by atoms with Gasteiger partial charge in [0.1, 0.15) is 25.4 Å². The number of ether oxygens (including phenoxy) is 2. The Morgan fingerprint density at radius 2 is 1.29 bits per heavy atom. The predicted molar refractivity (Wildman–Crippen MR) is 105 cm³/mol. The van der Waals surface area contributed by atoms with Crippen LogP contribution < -0.4 is 0 Å². The maximum Gasteiger partial charge on any atom is 0.313 e. The summed E-state index contributed by atoms with van der Waals surface area (Å²) in [6, 6.07) is 18.6. The van der Waals surface area contributed by atoms with Gasteiger partial charge in [0.05, 0.1) is 5.92 Å². The van der Waals surface area contributed by atoms with Crippen LogP contribution in [-0.4, -0.2) is 17.7 Å².